The van der Waals surface area contributed by atoms with Gasteiger partial charge in [0.1, 0.15) is 0 Å². The second kappa shape index (κ2) is 17.8. The Morgan fingerprint density at radius 3 is 1.20 bits per heavy atom. The molecule has 0 aliphatic rings. The van der Waals surface area contributed by atoms with Gasteiger partial charge in [-0.05, 0) is 11.1 Å². The topological polar surface area (TPSA) is 0 Å². The van der Waals surface area contributed by atoms with Gasteiger partial charge in [-0.15, -0.1) is 68.3 Å². The van der Waals surface area contributed by atoms with Crippen LogP contribution in [-0.2, 0) is 25.8 Å². The second-order valence-corrected chi connectivity index (χ2v) is 10.5. The molecule has 6 aromatic carbocycles. The molecule has 0 unspecified atom stereocenters. The predicted molar refractivity (Wildman–Crippen MR) is 179 cm³/mol. The Bertz CT molecular complexity index is 1410. The summed E-state index contributed by atoms with van der Waals surface area (Å²) < 4.78 is 0. The van der Waals surface area contributed by atoms with E-state index in [0.717, 1.165) is 0 Å². The smallest absolute Gasteiger partial charge is 0.0743 e. The molecule has 0 spiro atoms. The van der Waals surface area contributed by atoms with Gasteiger partial charge in [0.15, 0.2) is 0 Å². The first kappa shape index (κ1) is 35.2. The van der Waals surface area contributed by atoms with Crippen LogP contribution in [0.5, 0.6) is 0 Å². The molecule has 6 aromatic rings. The molecule has 6 rings (SSSR count). The van der Waals surface area contributed by atoms with E-state index in [2.05, 4.69) is 121 Å². The molecule has 0 fully saturated rings. The van der Waals surface area contributed by atoms with Crippen LogP contribution in [0.25, 0.3) is 43.8 Å². The SMILES string of the molecule is C[CH-]C.C[CH-]C.[CH3-].[CH3-].[Hf].c1ccc(-c2cccc3[cH-]c([Si]c4cc5c(-c6ccccc6)cccc5[cH-]4)cc23)cc1. The minimum absolute atomic E-state index is 0. The summed E-state index contributed by atoms with van der Waals surface area (Å²) in [6.07, 6.45) is 4.00. The van der Waals surface area contributed by atoms with Gasteiger partial charge in [-0.2, -0.15) is 39.8 Å². The Hall–Kier alpha value is -2.81. The zero-order valence-corrected chi connectivity index (χ0v) is 29.3. The Labute approximate surface area is 264 Å². The number of fused-ring (bicyclic) bond motifs is 2. The van der Waals surface area contributed by atoms with Crippen molar-refractivity contribution in [3.8, 4) is 22.3 Å². The van der Waals surface area contributed by atoms with Gasteiger partial charge in [-0.3, -0.25) is 0 Å². The van der Waals surface area contributed by atoms with Crippen LogP contribution in [-0.4, -0.2) is 9.52 Å². The van der Waals surface area contributed by atoms with Gasteiger partial charge in [0, 0.05) is 25.8 Å². The largest absolute Gasteiger partial charge is 0.358 e. The summed E-state index contributed by atoms with van der Waals surface area (Å²) in [6.45, 7) is 8.00. The van der Waals surface area contributed by atoms with Crippen molar-refractivity contribution in [2.75, 3.05) is 0 Å². The molecule has 0 nitrogen and oxygen atoms in total. The number of hydrogen-bond acceptors (Lipinski definition) is 0. The molecular weight excluding hydrogens is 663 g/mol. The van der Waals surface area contributed by atoms with E-state index in [1.807, 2.05) is 40.5 Å². The van der Waals surface area contributed by atoms with Crippen LogP contribution in [0.15, 0.2) is 121 Å². The summed E-state index contributed by atoms with van der Waals surface area (Å²) in [5.41, 5.74) is 5.18. The van der Waals surface area contributed by atoms with Crippen molar-refractivity contribution >= 4 is 41.4 Å². The van der Waals surface area contributed by atoms with Crippen LogP contribution in [0.2, 0.25) is 0 Å². The van der Waals surface area contributed by atoms with E-state index in [4.69, 9.17) is 0 Å². The van der Waals surface area contributed by atoms with E-state index in [1.165, 1.54) is 54.2 Å². The molecule has 0 aliphatic heterocycles. The van der Waals surface area contributed by atoms with Gasteiger partial charge in [0.2, 0.25) is 0 Å². The summed E-state index contributed by atoms with van der Waals surface area (Å²) >= 11 is 0. The van der Waals surface area contributed by atoms with E-state index in [0.29, 0.717) is 9.52 Å². The van der Waals surface area contributed by atoms with E-state index >= 15 is 0 Å². The van der Waals surface area contributed by atoms with E-state index < -0.39 is 0 Å². The van der Waals surface area contributed by atoms with E-state index in [9.17, 15) is 0 Å². The van der Waals surface area contributed by atoms with Gasteiger partial charge < -0.3 is 27.7 Å². The van der Waals surface area contributed by atoms with Crippen molar-refractivity contribution < 1.29 is 25.8 Å². The molecule has 2 heteroatoms. The first-order valence-electron chi connectivity index (χ1n) is 12.9. The zero-order valence-electron chi connectivity index (χ0n) is 24.7. The van der Waals surface area contributed by atoms with Gasteiger partial charge in [-0.25, -0.2) is 0 Å². The fourth-order valence-corrected chi connectivity index (χ4v) is 5.74. The molecule has 0 atom stereocenters. The Balaban J connectivity index is 0.000000822. The average molecular weight is 703 g/mol. The quantitative estimate of drug-likeness (QED) is 0.127. The fraction of sp³-hybridized carbons (Fsp3) is 0.105. The molecule has 0 bridgehead atoms. The standard InChI is InChI=1S/C30H20Si.2C3H7.2CH3.Hf/c1-3-9-21(10-4-1)27-15-7-13-23-17-25(19-29(23)27)31-26-18-24-14-8-16-28(30(24)20-26)22-11-5-2-6-12-22;2*1-3-2;;;/h1-20H;2*3H,1-2H3;2*1H3;/q-2;4*-1;. The Morgan fingerprint density at radius 2 is 0.850 bits per heavy atom. The van der Waals surface area contributed by atoms with Crippen LogP contribution in [0.4, 0.5) is 0 Å². The number of rotatable bonds is 4. The molecule has 0 aliphatic carbocycles. The molecule has 0 amide bonds. The van der Waals surface area contributed by atoms with Crippen LogP contribution in [0.3, 0.4) is 0 Å². The summed E-state index contributed by atoms with van der Waals surface area (Å²) in [4.78, 5) is 0. The van der Waals surface area contributed by atoms with Gasteiger partial charge >= 0.3 is 0 Å². The molecule has 0 heterocycles. The van der Waals surface area contributed by atoms with Crippen LogP contribution in [0.1, 0.15) is 27.7 Å². The molecule has 0 saturated heterocycles. The van der Waals surface area contributed by atoms with Gasteiger partial charge in [-0.1, -0.05) is 83.9 Å². The zero-order chi connectivity index (χ0) is 26.0. The third kappa shape index (κ3) is 8.59. The van der Waals surface area contributed by atoms with Crippen molar-refractivity contribution in [2.45, 2.75) is 27.7 Å². The van der Waals surface area contributed by atoms with Gasteiger partial charge in [0.05, 0.1) is 9.52 Å². The molecule has 2 radical (unpaired) electrons. The average Bonchev–Trinajstić information content (AvgIpc) is 3.53. The first-order valence-corrected chi connectivity index (χ1v) is 13.9. The van der Waals surface area contributed by atoms with Crippen molar-refractivity contribution in [1.29, 1.82) is 0 Å². The molecule has 0 aromatic heterocycles. The van der Waals surface area contributed by atoms with E-state index in [-0.39, 0.29) is 40.7 Å². The Morgan fingerprint density at radius 1 is 0.500 bits per heavy atom. The summed E-state index contributed by atoms with van der Waals surface area (Å²) in [5, 5.41) is 8.13. The maximum atomic E-state index is 2.38. The van der Waals surface area contributed by atoms with Crippen molar-refractivity contribution in [3.63, 3.8) is 0 Å². The third-order valence-corrected chi connectivity index (χ3v) is 7.11. The molecule has 0 saturated carbocycles. The van der Waals surface area contributed by atoms with Crippen molar-refractivity contribution in [3.05, 3.63) is 149 Å². The Kier molecular flexibility index (Phi) is 15.7. The first-order chi connectivity index (χ1) is 18.2. The van der Waals surface area contributed by atoms with E-state index in [1.54, 1.807) is 0 Å². The van der Waals surface area contributed by atoms with Crippen molar-refractivity contribution in [1.82, 2.24) is 0 Å². The van der Waals surface area contributed by atoms with Crippen LogP contribution in [0, 0.1) is 27.7 Å². The minimum atomic E-state index is 0. The monoisotopic (exact) mass is 704 g/mol. The number of hydrogen-bond donors (Lipinski definition) is 0. The van der Waals surface area contributed by atoms with Crippen molar-refractivity contribution in [2.24, 2.45) is 0 Å². The summed E-state index contributed by atoms with van der Waals surface area (Å²) in [5.74, 6) is 0. The predicted octanol–water partition coefficient (Wildman–Crippen LogP) is 9.78. The van der Waals surface area contributed by atoms with Crippen LogP contribution < -0.4 is 10.4 Å². The van der Waals surface area contributed by atoms with Crippen LogP contribution >= 0.6 is 0 Å². The number of benzene rings is 4. The molecule has 0 N–H and O–H groups in total. The molecule has 206 valence electrons. The summed E-state index contributed by atoms with van der Waals surface area (Å²) in [7, 11) is 0.651. The second-order valence-electron chi connectivity index (χ2n) is 9.12. The van der Waals surface area contributed by atoms with Gasteiger partial charge in [0.25, 0.3) is 0 Å². The fourth-order valence-electron chi connectivity index (χ4n) is 4.52. The molecule has 40 heavy (non-hydrogen) atoms. The molecular formula is C38H40HfSi-6. The maximum absolute atomic E-state index is 2.38. The maximum Gasteiger partial charge on any atom is 0.0743 e. The normalized spacial score (nSPS) is 9.70. The summed E-state index contributed by atoms with van der Waals surface area (Å²) in [6, 6.07) is 44.1. The third-order valence-electron chi connectivity index (χ3n) is 5.96. The minimum Gasteiger partial charge on any atom is -0.358 e.